The van der Waals surface area contributed by atoms with Gasteiger partial charge in [-0.05, 0) is 31.0 Å². The van der Waals surface area contributed by atoms with E-state index in [1.165, 1.54) is 37.1 Å². The van der Waals surface area contributed by atoms with Crippen LogP contribution in [0, 0.1) is 0 Å². The lowest BCUT2D eigenvalue weighted by atomic mass is 10.1. The van der Waals surface area contributed by atoms with Crippen LogP contribution in [0.3, 0.4) is 0 Å². The van der Waals surface area contributed by atoms with Gasteiger partial charge >= 0.3 is 0 Å². The van der Waals surface area contributed by atoms with Gasteiger partial charge in [0.2, 0.25) is 0 Å². The largest absolute Gasteiger partial charge is 0.305 e. The van der Waals surface area contributed by atoms with Gasteiger partial charge in [-0.1, -0.05) is 0 Å². The summed E-state index contributed by atoms with van der Waals surface area (Å²) < 4.78 is 0. The predicted octanol–water partition coefficient (Wildman–Crippen LogP) is -0.464. The van der Waals surface area contributed by atoms with E-state index < -0.39 is 0 Å². The van der Waals surface area contributed by atoms with E-state index in [-0.39, 0.29) is 0 Å². The fraction of sp³-hybridized carbons (Fsp3) is 0.900. The summed E-state index contributed by atoms with van der Waals surface area (Å²) in [5.41, 5.74) is 0. The van der Waals surface area contributed by atoms with Crippen molar-refractivity contribution in [3.05, 3.63) is 5.82 Å². The van der Waals surface area contributed by atoms with Crippen LogP contribution in [0.15, 0.2) is 0 Å². The first-order valence-corrected chi connectivity index (χ1v) is 6.03. The number of nitrogens with zero attached hydrogens (tertiary/aromatic N) is 5. The van der Waals surface area contributed by atoms with Gasteiger partial charge in [-0.2, -0.15) is 4.80 Å². The second kappa shape index (κ2) is 4.10. The Hall–Kier alpha value is -1.01. The lowest BCUT2D eigenvalue weighted by Gasteiger charge is -2.20. The second-order valence-electron chi connectivity index (χ2n) is 4.72. The monoisotopic (exact) mass is 222 g/mol. The summed E-state index contributed by atoms with van der Waals surface area (Å²) >= 11 is 0. The summed E-state index contributed by atoms with van der Waals surface area (Å²) in [6.45, 7) is 3.27. The Balaban J connectivity index is 1.55. The fourth-order valence-corrected chi connectivity index (χ4v) is 2.94. The van der Waals surface area contributed by atoms with Crippen LogP contribution in [-0.4, -0.2) is 50.3 Å². The highest BCUT2D eigenvalue weighted by Gasteiger charge is 2.36. The third kappa shape index (κ3) is 1.82. The lowest BCUT2D eigenvalue weighted by molar-refractivity contribution is 0.298. The van der Waals surface area contributed by atoms with Gasteiger partial charge in [0.25, 0.3) is 0 Å². The lowest BCUT2D eigenvalue weighted by Crippen LogP contribution is -2.38. The number of aromatic nitrogens is 4. The predicted molar refractivity (Wildman–Crippen MR) is 58.6 cm³/mol. The molecule has 88 valence electrons. The van der Waals surface area contributed by atoms with E-state index >= 15 is 0 Å². The van der Waals surface area contributed by atoms with Gasteiger partial charge in [0.1, 0.15) is 0 Å². The third-order valence-electron chi connectivity index (χ3n) is 3.68. The Labute approximate surface area is 95.0 Å². The molecular formula is C10H18N6. The number of rotatable bonds is 3. The topological polar surface area (TPSA) is 58.9 Å². The van der Waals surface area contributed by atoms with Gasteiger partial charge in [-0.3, -0.25) is 4.90 Å². The Bertz CT molecular complexity index is 362. The zero-order valence-corrected chi connectivity index (χ0v) is 9.63. The van der Waals surface area contributed by atoms with Crippen LogP contribution in [-0.2, 0) is 13.6 Å². The standard InChI is InChI=1S/C10H18N6/c1-15-13-10(12-14-15)7-11-8-4-6-16-5-2-3-9(8)16/h8-9,11H,2-7H2,1H3. The smallest absolute Gasteiger partial charge is 0.188 e. The summed E-state index contributed by atoms with van der Waals surface area (Å²) in [5, 5.41) is 15.6. The highest BCUT2D eigenvalue weighted by atomic mass is 15.6. The summed E-state index contributed by atoms with van der Waals surface area (Å²) in [5.74, 6) is 0.791. The maximum atomic E-state index is 4.18. The highest BCUT2D eigenvalue weighted by molar-refractivity contribution is 4.96. The van der Waals surface area contributed by atoms with Crippen LogP contribution in [0.1, 0.15) is 25.1 Å². The van der Waals surface area contributed by atoms with Gasteiger partial charge < -0.3 is 5.32 Å². The van der Waals surface area contributed by atoms with Crippen molar-refractivity contribution in [2.45, 2.75) is 37.9 Å². The maximum Gasteiger partial charge on any atom is 0.188 e. The summed E-state index contributed by atoms with van der Waals surface area (Å²) in [7, 11) is 1.80. The van der Waals surface area contributed by atoms with Crippen LogP contribution in [0.25, 0.3) is 0 Å². The number of hydrogen-bond donors (Lipinski definition) is 1. The molecule has 0 amide bonds. The van der Waals surface area contributed by atoms with E-state index in [1.54, 1.807) is 7.05 Å². The van der Waals surface area contributed by atoms with Crippen molar-refractivity contribution in [3.8, 4) is 0 Å². The molecule has 6 nitrogen and oxygen atoms in total. The molecule has 6 heteroatoms. The number of tetrazole rings is 1. The molecule has 1 aromatic rings. The zero-order valence-electron chi connectivity index (χ0n) is 9.63. The van der Waals surface area contributed by atoms with Crippen molar-refractivity contribution in [2.75, 3.05) is 13.1 Å². The molecule has 1 N–H and O–H groups in total. The zero-order chi connectivity index (χ0) is 11.0. The van der Waals surface area contributed by atoms with Crippen LogP contribution in [0.2, 0.25) is 0 Å². The molecule has 3 heterocycles. The molecular weight excluding hydrogens is 204 g/mol. The number of hydrogen-bond acceptors (Lipinski definition) is 5. The van der Waals surface area contributed by atoms with Crippen LogP contribution in [0.5, 0.6) is 0 Å². The minimum atomic E-state index is 0.617. The first kappa shape index (κ1) is 10.2. The minimum Gasteiger partial charge on any atom is -0.305 e. The van der Waals surface area contributed by atoms with E-state index in [4.69, 9.17) is 0 Å². The molecule has 2 atom stereocenters. The molecule has 16 heavy (non-hydrogen) atoms. The van der Waals surface area contributed by atoms with Gasteiger partial charge in [-0.25, -0.2) is 0 Å². The number of aryl methyl sites for hydroxylation is 1. The summed E-state index contributed by atoms with van der Waals surface area (Å²) in [6.07, 6.45) is 3.95. The van der Waals surface area contributed by atoms with Crippen molar-refractivity contribution in [1.82, 2.24) is 30.4 Å². The molecule has 2 fully saturated rings. The molecule has 2 aliphatic heterocycles. The molecule has 0 spiro atoms. The Kier molecular flexibility index (Phi) is 2.61. The van der Waals surface area contributed by atoms with Crippen molar-refractivity contribution in [1.29, 1.82) is 0 Å². The maximum absolute atomic E-state index is 4.18. The van der Waals surface area contributed by atoms with Gasteiger partial charge in [0.15, 0.2) is 5.82 Å². The molecule has 0 radical (unpaired) electrons. The Morgan fingerprint density at radius 3 is 3.12 bits per heavy atom. The van der Waals surface area contributed by atoms with Crippen molar-refractivity contribution < 1.29 is 0 Å². The fourth-order valence-electron chi connectivity index (χ4n) is 2.94. The SMILES string of the molecule is Cn1nnc(CNC2CCN3CCCC23)n1. The molecule has 0 bridgehead atoms. The van der Waals surface area contributed by atoms with E-state index in [9.17, 15) is 0 Å². The van der Waals surface area contributed by atoms with Gasteiger partial charge in [0, 0.05) is 18.6 Å². The first-order valence-electron chi connectivity index (χ1n) is 6.03. The van der Waals surface area contributed by atoms with Crippen LogP contribution in [0.4, 0.5) is 0 Å². The van der Waals surface area contributed by atoms with E-state index in [0.717, 1.165) is 18.4 Å². The average Bonchev–Trinajstić information content (AvgIpc) is 2.91. The van der Waals surface area contributed by atoms with Crippen molar-refractivity contribution >= 4 is 0 Å². The van der Waals surface area contributed by atoms with Crippen molar-refractivity contribution in [2.24, 2.45) is 7.05 Å². The molecule has 2 saturated heterocycles. The molecule has 0 aromatic carbocycles. The van der Waals surface area contributed by atoms with Gasteiger partial charge in [-0.15, -0.1) is 10.2 Å². The molecule has 2 unspecified atom stereocenters. The highest BCUT2D eigenvalue weighted by Crippen LogP contribution is 2.27. The average molecular weight is 222 g/mol. The van der Waals surface area contributed by atoms with Crippen molar-refractivity contribution in [3.63, 3.8) is 0 Å². The summed E-state index contributed by atoms with van der Waals surface area (Å²) in [4.78, 5) is 4.11. The number of fused-ring (bicyclic) bond motifs is 1. The molecule has 3 rings (SSSR count). The van der Waals surface area contributed by atoms with Crippen LogP contribution >= 0.6 is 0 Å². The molecule has 2 aliphatic rings. The quantitative estimate of drug-likeness (QED) is 0.749. The third-order valence-corrected chi connectivity index (χ3v) is 3.68. The first-order chi connectivity index (χ1) is 7.83. The van der Waals surface area contributed by atoms with E-state index in [2.05, 4.69) is 25.6 Å². The normalized spacial score (nSPS) is 29.8. The second-order valence-corrected chi connectivity index (χ2v) is 4.72. The Morgan fingerprint density at radius 2 is 2.31 bits per heavy atom. The molecule has 1 aromatic heterocycles. The summed E-state index contributed by atoms with van der Waals surface area (Å²) in [6, 6.07) is 1.36. The Morgan fingerprint density at radius 1 is 1.38 bits per heavy atom. The molecule has 0 saturated carbocycles. The van der Waals surface area contributed by atoms with E-state index in [1.807, 2.05) is 0 Å². The van der Waals surface area contributed by atoms with Gasteiger partial charge in [0.05, 0.1) is 13.6 Å². The minimum absolute atomic E-state index is 0.617. The number of nitrogens with one attached hydrogen (secondary N) is 1. The van der Waals surface area contributed by atoms with Crippen LogP contribution < -0.4 is 5.32 Å². The van der Waals surface area contributed by atoms with E-state index in [0.29, 0.717) is 6.04 Å². The molecule has 0 aliphatic carbocycles.